The van der Waals surface area contributed by atoms with Crippen molar-refractivity contribution in [3.8, 4) is 17.5 Å². The van der Waals surface area contributed by atoms with Crippen molar-refractivity contribution in [2.75, 3.05) is 6.61 Å². The van der Waals surface area contributed by atoms with Gasteiger partial charge < -0.3 is 14.9 Å². The zero-order valence-electron chi connectivity index (χ0n) is 17.1. The van der Waals surface area contributed by atoms with Crippen LogP contribution in [0.15, 0.2) is 0 Å². The number of unbranched alkanes of at least 4 members (excludes halogenated alkanes) is 13. The molecule has 1 heterocycles. The van der Waals surface area contributed by atoms with E-state index in [0.717, 1.165) is 19.3 Å². The molecule has 0 spiro atoms. The molecule has 0 radical (unpaired) electrons. The van der Waals surface area contributed by atoms with Crippen molar-refractivity contribution in [2.24, 2.45) is 0 Å². The Morgan fingerprint density at radius 1 is 0.654 bits per heavy atom. The molecule has 0 atom stereocenters. The SMILES string of the molecule is CCCCCCCCCCCCCCCCc1c(O)[nH]c(O)c1OCC. The van der Waals surface area contributed by atoms with Gasteiger partial charge in [-0.1, -0.05) is 90.4 Å². The van der Waals surface area contributed by atoms with Crippen molar-refractivity contribution in [1.29, 1.82) is 0 Å². The van der Waals surface area contributed by atoms with Gasteiger partial charge in [0, 0.05) is 0 Å². The summed E-state index contributed by atoms with van der Waals surface area (Å²) < 4.78 is 5.42. The van der Waals surface area contributed by atoms with E-state index in [9.17, 15) is 10.2 Å². The summed E-state index contributed by atoms with van der Waals surface area (Å²) in [4.78, 5) is 2.55. The summed E-state index contributed by atoms with van der Waals surface area (Å²) >= 11 is 0. The van der Waals surface area contributed by atoms with Crippen LogP contribution in [0.2, 0.25) is 0 Å². The molecule has 1 aromatic rings. The molecule has 0 aliphatic rings. The van der Waals surface area contributed by atoms with E-state index < -0.39 is 0 Å². The Kier molecular flexibility index (Phi) is 12.9. The summed E-state index contributed by atoms with van der Waals surface area (Å²) in [7, 11) is 0. The van der Waals surface area contributed by atoms with Gasteiger partial charge in [-0.25, -0.2) is 0 Å². The van der Waals surface area contributed by atoms with E-state index in [4.69, 9.17) is 4.74 Å². The van der Waals surface area contributed by atoms with Gasteiger partial charge in [-0.05, 0) is 19.8 Å². The highest BCUT2D eigenvalue weighted by molar-refractivity contribution is 5.49. The first kappa shape index (κ1) is 22.7. The molecule has 1 rings (SSSR count). The monoisotopic (exact) mass is 367 g/mol. The number of hydrogen-bond acceptors (Lipinski definition) is 3. The number of aromatic hydroxyl groups is 2. The Bertz CT molecular complexity index is 456. The van der Waals surface area contributed by atoms with Crippen molar-refractivity contribution < 1.29 is 14.9 Å². The van der Waals surface area contributed by atoms with Crippen molar-refractivity contribution in [1.82, 2.24) is 4.98 Å². The second-order valence-corrected chi connectivity index (χ2v) is 7.41. The maximum absolute atomic E-state index is 9.85. The molecule has 0 saturated carbocycles. The Morgan fingerprint density at radius 2 is 1.12 bits per heavy atom. The van der Waals surface area contributed by atoms with Crippen LogP contribution in [-0.2, 0) is 6.42 Å². The standard InChI is InChI=1S/C22H41NO3/c1-3-5-6-7-8-9-10-11-12-13-14-15-16-17-18-19-20(26-4-2)22(25)23-21(19)24/h23-25H,3-18H2,1-2H3. The summed E-state index contributed by atoms with van der Waals surface area (Å²) in [6.45, 7) is 4.63. The Morgan fingerprint density at radius 3 is 1.58 bits per heavy atom. The predicted octanol–water partition coefficient (Wildman–Crippen LogP) is 6.85. The maximum Gasteiger partial charge on any atom is 0.235 e. The number of hydrogen-bond donors (Lipinski definition) is 3. The summed E-state index contributed by atoms with van der Waals surface area (Å²) in [5.41, 5.74) is 0.711. The second-order valence-electron chi connectivity index (χ2n) is 7.41. The highest BCUT2D eigenvalue weighted by atomic mass is 16.5. The van der Waals surface area contributed by atoms with Gasteiger partial charge in [-0.2, -0.15) is 0 Å². The third-order valence-electron chi connectivity index (χ3n) is 5.08. The van der Waals surface area contributed by atoms with Crippen LogP contribution in [0, 0.1) is 0 Å². The first-order chi connectivity index (χ1) is 12.7. The average Bonchev–Trinajstić information content (AvgIpc) is 2.89. The van der Waals surface area contributed by atoms with E-state index in [1.54, 1.807) is 0 Å². The fourth-order valence-corrected chi connectivity index (χ4v) is 3.52. The first-order valence-corrected chi connectivity index (χ1v) is 11.0. The lowest BCUT2D eigenvalue weighted by atomic mass is 10.0. The number of rotatable bonds is 17. The van der Waals surface area contributed by atoms with Crippen LogP contribution in [0.25, 0.3) is 0 Å². The summed E-state index contributed by atoms with van der Waals surface area (Å²) in [5, 5.41) is 19.6. The highest BCUT2D eigenvalue weighted by Crippen LogP contribution is 2.37. The number of aromatic amines is 1. The van der Waals surface area contributed by atoms with Crippen LogP contribution in [-0.4, -0.2) is 21.8 Å². The molecule has 0 aromatic carbocycles. The lowest BCUT2D eigenvalue weighted by Crippen LogP contribution is -1.94. The molecule has 0 fully saturated rings. The van der Waals surface area contributed by atoms with Crippen molar-refractivity contribution in [3.63, 3.8) is 0 Å². The fourth-order valence-electron chi connectivity index (χ4n) is 3.52. The minimum absolute atomic E-state index is 0.0423. The smallest absolute Gasteiger partial charge is 0.235 e. The average molecular weight is 368 g/mol. The zero-order valence-corrected chi connectivity index (χ0v) is 17.1. The maximum atomic E-state index is 9.85. The molecular formula is C22H41NO3. The molecule has 1 aromatic heterocycles. The van der Waals surface area contributed by atoms with E-state index >= 15 is 0 Å². The van der Waals surface area contributed by atoms with Crippen LogP contribution in [0.3, 0.4) is 0 Å². The lowest BCUT2D eigenvalue weighted by Gasteiger charge is -2.06. The Labute approximate surface area is 160 Å². The van der Waals surface area contributed by atoms with Gasteiger partial charge in [0.2, 0.25) is 5.88 Å². The van der Waals surface area contributed by atoms with Crippen LogP contribution < -0.4 is 4.74 Å². The second kappa shape index (κ2) is 14.8. The van der Waals surface area contributed by atoms with E-state index in [0.29, 0.717) is 17.9 Å². The largest absolute Gasteiger partial charge is 0.494 e. The zero-order chi connectivity index (χ0) is 19.0. The van der Waals surface area contributed by atoms with E-state index in [1.807, 2.05) is 6.92 Å². The van der Waals surface area contributed by atoms with E-state index in [1.165, 1.54) is 77.0 Å². The Balaban J connectivity index is 1.95. The molecule has 0 amide bonds. The van der Waals surface area contributed by atoms with Gasteiger partial charge in [0.15, 0.2) is 11.6 Å². The van der Waals surface area contributed by atoms with Crippen LogP contribution >= 0.6 is 0 Å². The Hall–Kier alpha value is -1.32. The third-order valence-corrected chi connectivity index (χ3v) is 5.08. The minimum Gasteiger partial charge on any atom is -0.494 e. The minimum atomic E-state index is -0.0651. The van der Waals surface area contributed by atoms with Gasteiger partial charge in [0.25, 0.3) is 0 Å². The van der Waals surface area contributed by atoms with E-state index in [2.05, 4.69) is 11.9 Å². The fraction of sp³-hybridized carbons (Fsp3) is 0.818. The molecule has 4 heteroatoms. The van der Waals surface area contributed by atoms with Gasteiger partial charge in [0.1, 0.15) is 0 Å². The van der Waals surface area contributed by atoms with Crippen LogP contribution in [0.1, 0.15) is 109 Å². The topological polar surface area (TPSA) is 65.5 Å². The molecular weight excluding hydrogens is 326 g/mol. The van der Waals surface area contributed by atoms with Crippen LogP contribution in [0.5, 0.6) is 17.5 Å². The molecule has 26 heavy (non-hydrogen) atoms. The summed E-state index contributed by atoms with van der Waals surface area (Å²) in [6.07, 6.45) is 19.4. The molecule has 0 aliphatic carbocycles. The molecule has 0 bridgehead atoms. The molecule has 0 aliphatic heterocycles. The number of nitrogens with one attached hydrogen (secondary N) is 1. The molecule has 152 valence electrons. The predicted molar refractivity (Wildman–Crippen MR) is 109 cm³/mol. The van der Waals surface area contributed by atoms with Gasteiger partial charge >= 0.3 is 0 Å². The lowest BCUT2D eigenvalue weighted by molar-refractivity contribution is 0.313. The third kappa shape index (κ3) is 9.40. The molecule has 3 N–H and O–H groups in total. The first-order valence-electron chi connectivity index (χ1n) is 11.0. The quantitative estimate of drug-likeness (QED) is 0.264. The van der Waals surface area contributed by atoms with Gasteiger partial charge in [0.05, 0.1) is 12.2 Å². The van der Waals surface area contributed by atoms with Crippen molar-refractivity contribution >= 4 is 0 Å². The van der Waals surface area contributed by atoms with Crippen LogP contribution in [0.4, 0.5) is 0 Å². The van der Waals surface area contributed by atoms with Gasteiger partial charge in [-0.3, -0.25) is 4.98 Å². The summed E-state index contributed by atoms with van der Waals surface area (Å²) in [5.74, 6) is 0.394. The van der Waals surface area contributed by atoms with Crippen molar-refractivity contribution in [2.45, 2.75) is 110 Å². The number of ether oxygens (including phenoxy) is 1. The normalized spacial score (nSPS) is 11.2. The van der Waals surface area contributed by atoms with Gasteiger partial charge in [-0.15, -0.1) is 0 Å². The molecule has 4 nitrogen and oxygen atoms in total. The number of aromatic nitrogens is 1. The number of H-pyrrole nitrogens is 1. The molecule has 0 unspecified atom stereocenters. The van der Waals surface area contributed by atoms with E-state index in [-0.39, 0.29) is 11.8 Å². The summed E-state index contributed by atoms with van der Waals surface area (Å²) in [6, 6.07) is 0. The highest BCUT2D eigenvalue weighted by Gasteiger charge is 2.17. The molecule has 0 saturated heterocycles. The van der Waals surface area contributed by atoms with Crippen molar-refractivity contribution in [3.05, 3.63) is 5.56 Å².